The van der Waals surface area contributed by atoms with Crippen molar-refractivity contribution in [3.63, 3.8) is 0 Å². The largest absolute Gasteiger partial charge is 0.338 e. The fourth-order valence-corrected chi connectivity index (χ4v) is 1.67. The predicted octanol–water partition coefficient (Wildman–Crippen LogP) is 2.79. The lowest BCUT2D eigenvalue weighted by Gasteiger charge is -2.08. The molecule has 100 valence electrons. The highest BCUT2D eigenvalue weighted by Crippen LogP contribution is 2.12. The summed E-state index contributed by atoms with van der Waals surface area (Å²) >= 11 is 0. The zero-order valence-corrected chi connectivity index (χ0v) is 11.0. The molecule has 0 aliphatic heterocycles. The first-order chi connectivity index (χ1) is 9.29. The summed E-state index contributed by atoms with van der Waals surface area (Å²) in [7, 11) is 0. The van der Waals surface area contributed by atoms with E-state index in [0.717, 1.165) is 24.2 Å². The second kappa shape index (κ2) is 6.58. The van der Waals surface area contributed by atoms with Crippen LogP contribution in [0.15, 0.2) is 42.7 Å². The Labute approximate surface area is 112 Å². The molecule has 0 aliphatic rings. The summed E-state index contributed by atoms with van der Waals surface area (Å²) in [6.45, 7) is 2.79. The standard InChI is InChI=1S/C14H18N4O/c1-2-3-9-15-14(19)17-12-5-7-13(8-6-12)18-11-4-10-16-18/h4-8,10-11H,2-3,9H2,1H3,(H2,15,17,19). The Hall–Kier alpha value is -2.30. The Morgan fingerprint density at radius 1 is 1.32 bits per heavy atom. The molecule has 0 aliphatic carbocycles. The van der Waals surface area contributed by atoms with Crippen LogP contribution in [-0.4, -0.2) is 22.4 Å². The van der Waals surface area contributed by atoms with Crippen LogP contribution in [0, 0.1) is 0 Å². The van der Waals surface area contributed by atoms with Crippen LogP contribution in [0.1, 0.15) is 19.8 Å². The maximum absolute atomic E-state index is 11.6. The molecule has 0 bridgehead atoms. The maximum atomic E-state index is 11.6. The first-order valence-electron chi connectivity index (χ1n) is 6.44. The zero-order chi connectivity index (χ0) is 13.5. The molecule has 0 saturated heterocycles. The molecule has 0 fully saturated rings. The van der Waals surface area contributed by atoms with E-state index in [1.165, 1.54) is 0 Å². The normalized spacial score (nSPS) is 10.2. The monoisotopic (exact) mass is 258 g/mol. The Kier molecular flexibility index (Phi) is 4.55. The number of rotatable bonds is 5. The molecule has 2 amide bonds. The van der Waals surface area contributed by atoms with E-state index in [1.807, 2.05) is 36.5 Å². The van der Waals surface area contributed by atoms with Gasteiger partial charge in [-0.2, -0.15) is 5.10 Å². The first kappa shape index (κ1) is 13.1. The van der Waals surface area contributed by atoms with Crippen molar-refractivity contribution in [2.24, 2.45) is 0 Å². The van der Waals surface area contributed by atoms with Crippen molar-refractivity contribution in [1.82, 2.24) is 15.1 Å². The van der Waals surface area contributed by atoms with E-state index >= 15 is 0 Å². The molecule has 0 atom stereocenters. The Balaban J connectivity index is 1.90. The van der Waals surface area contributed by atoms with E-state index in [-0.39, 0.29) is 6.03 Å². The SMILES string of the molecule is CCCCNC(=O)Nc1ccc(-n2cccn2)cc1. The van der Waals surface area contributed by atoms with Gasteiger partial charge in [-0.1, -0.05) is 13.3 Å². The van der Waals surface area contributed by atoms with E-state index in [1.54, 1.807) is 10.9 Å². The lowest BCUT2D eigenvalue weighted by atomic mass is 10.3. The van der Waals surface area contributed by atoms with E-state index in [0.29, 0.717) is 6.54 Å². The molecule has 0 unspecified atom stereocenters. The summed E-state index contributed by atoms with van der Waals surface area (Å²) < 4.78 is 1.77. The second-order valence-corrected chi connectivity index (χ2v) is 4.23. The van der Waals surface area contributed by atoms with Crippen molar-refractivity contribution < 1.29 is 4.79 Å². The summed E-state index contributed by atoms with van der Waals surface area (Å²) in [6.07, 6.45) is 5.66. The van der Waals surface area contributed by atoms with Gasteiger partial charge in [0.25, 0.3) is 0 Å². The minimum atomic E-state index is -0.166. The molecule has 2 rings (SSSR count). The van der Waals surface area contributed by atoms with Gasteiger partial charge in [-0.3, -0.25) is 0 Å². The lowest BCUT2D eigenvalue weighted by molar-refractivity contribution is 0.252. The van der Waals surface area contributed by atoms with Crippen LogP contribution in [0.2, 0.25) is 0 Å². The van der Waals surface area contributed by atoms with Crippen molar-refractivity contribution in [2.45, 2.75) is 19.8 Å². The number of nitrogens with one attached hydrogen (secondary N) is 2. The highest BCUT2D eigenvalue weighted by molar-refractivity contribution is 5.89. The molecule has 5 heteroatoms. The quantitative estimate of drug-likeness (QED) is 0.810. The van der Waals surface area contributed by atoms with Gasteiger partial charge in [0.15, 0.2) is 0 Å². The molecule has 1 heterocycles. The molecule has 2 N–H and O–H groups in total. The van der Waals surface area contributed by atoms with E-state index in [9.17, 15) is 4.79 Å². The highest BCUT2D eigenvalue weighted by atomic mass is 16.2. The molecule has 0 radical (unpaired) electrons. The predicted molar refractivity (Wildman–Crippen MR) is 75.5 cm³/mol. The van der Waals surface area contributed by atoms with Crippen molar-refractivity contribution in [3.8, 4) is 5.69 Å². The van der Waals surface area contributed by atoms with Crippen molar-refractivity contribution in [1.29, 1.82) is 0 Å². The molecule has 0 spiro atoms. The fourth-order valence-electron chi connectivity index (χ4n) is 1.67. The number of hydrogen-bond acceptors (Lipinski definition) is 2. The average molecular weight is 258 g/mol. The van der Waals surface area contributed by atoms with Gasteiger partial charge in [0.1, 0.15) is 0 Å². The van der Waals surface area contributed by atoms with Gasteiger partial charge in [0.05, 0.1) is 5.69 Å². The molecule has 19 heavy (non-hydrogen) atoms. The van der Waals surface area contributed by atoms with E-state index < -0.39 is 0 Å². The van der Waals surface area contributed by atoms with Gasteiger partial charge in [-0.25, -0.2) is 9.48 Å². The van der Waals surface area contributed by atoms with Crippen LogP contribution in [-0.2, 0) is 0 Å². The molecule has 2 aromatic rings. The minimum absolute atomic E-state index is 0.166. The van der Waals surface area contributed by atoms with Crippen LogP contribution in [0.4, 0.5) is 10.5 Å². The molecule has 1 aromatic heterocycles. The van der Waals surface area contributed by atoms with Crippen LogP contribution in [0.25, 0.3) is 5.69 Å². The average Bonchev–Trinajstić information content (AvgIpc) is 2.94. The third kappa shape index (κ3) is 3.84. The number of hydrogen-bond donors (Lipinski definition) is 2. The number of nitrogens with zero attached hydrogens (tertiary/aromatic N) is 2. The number of amides is 2. The third-order valence-corrected chi connectivity index (χ3v) is 2.71. The smallest absolute Gasteiger partial charge is 0.319 e. The molecule has 1 aromatic carbocycles. The third-order valence-electron chi connectivity index (χ3n) is 2.71. The molecular formula is C14H18N4O. The number of carbonyl (C=O) groups excluding carboxylic acids is 1. The number of unbranched alkanes of at least 4 members (excludes halogenated alkanes) is 1. The van der Waals surface area contributed by atoms with Gasteiger partial charge < -0.3 is 10.6 Å². The van der Waals surface area contributed by atoms with Gasteiger partial charge in [0, 0.05) is 24.6 Å². The van der Waals surface area contributed by atoms with Gasteiger partial charge in [0.2, 0.25) is 0 Å². The van der Waals surface area contributed by atoms with Crippen LogP contribution in [0.3, 0.4) is 0 Å². The van der Waals surface area contributed by atoms with Crippen LogP contribution < -0.4 is 10.6 Å². The number of urea groups is 1. The van der Waals surface area contributed by atoms with Crippen LogP contribution >= 0.6 is 0 Å². The fraction of sp³-hybridized carbons (Fsp3) is 0.286. The first-order valence-corrected chi connectivity index (χ1v) is 6.44. The summed E-state index contributed by atoms with van der Waals surface area (Å²) in [5, 5.41) is 9.74. The number of carbonyl (C=O) groups is 1. The summed E-state index contributed by atoms with van der Waals surface area (Å²) in [5.74, 6) is 0. The second-order valence-electron chi connectivity index (χ2n) is 4.23. The Morgan fingerprint density at radius 3 is 2.74 bits per heavy atom. The zero-order valence-electron chi connectivity index (χ0n) is 11.0. The van der Waals surface area contributed by atoms with Gasteiger partial charge in [-0.15, -0.1) is 0 Å². The topological polar surface area (TPSA) is 59.0 Å². The lowest BCUT2D eigenvalue weighted by Crippen LogP contribution is -2.29. The van der Waals surface area contributed by atoms with E-state index in [2.05, 4.69) is 22.7 Å². The maximum Gasteiger partial charge on any atom is 0.319 e. The number of aromatic nitrogens is 2. The van der Waals surface area contributed by atoms with Crippen LogP contribution in [0.5, 0.6) is 0 Å². The summed E-state index contributed by atoms with van der Waals surface area (Å²) in [6, 6.07) is 9.24. The number of anilines is 1. The van der Waals surface area contributed by atoms with Crippen molar-refractivity contribution in [3.05, 3.63) is 42.7 Å². The van der Waals surface area contributed by atoms with Crippen molar-refractivity contribution >= 4 is 11.7 Å². The van der Waals surface area contributed by atoms with Gasteiger partial charge in [-0.05, 0) is 36.8 Å². The van der Waals surface area contributed by atoms with E-state index in [4.69, 9.17) is 0 Å². The molecular weight excluding hydrogens is 240 g/mol. The summed E-state index contributed by atoms with van der Waals surface area (Å²) in [5.41, 5.74) is 1.73. The Morgan fingerprint density at radius 2 is 2.11 bits per heavy atom. The number of benzene rings is 1. The molecule has 0 saturated carbocycles. The molecule has 5 nitrogen and oxygen atoms in total. The highest BCUT2D eigenvalue weighted by Gasteiger charge is 2.01. The minimum Gasteiger partial charge on any atom is -0.338 e. The van der Waals surface area contributed by atoms with Crippen molar-refractivity contribution in [2.75, 3.05) is 11.9 Å². The Bertz CT molecular complexity index is 505. The summed E-state index contributed by atoms with van der Waals surface area (Å²) in [4.78, 5) is 11.6. The van der Waals surface area contributed by atoms with Gasteiger partial charge >= 0.3 is 6.03 Å².